The average Bonchev–Trinajstić information content (AvgIpc) is 3.56. The van der Waals surface area contributed by atoms with E-state index in [1.807, 2.05) is 0 Å². The van der Waals surface area contributed by atoms with Crippen LogP contribution in [0.1, 0.15) is 47.2 Å². The van der Waals surface area contributed by atoms with Crippen molar-refractivity contribution in [1.82, 2.24) is 15.2 Å². The van der Waals surface area contributed by atoms with Crippen LogP contribution in [-0.4, -0.2) is 65.4 Å². The van der Waals surface area contributed by atoms with Gasteiger partial charge in [-0.05, 0) is 68.8 Å². The van der Waals surface area contributed by atoms with Crippen LogP contribution in [0.25, 0.3) is 22.4 Å². The highest BCUT2D eigenvalue weighted by Gasteiger charge is 2.26. The second kappa shape index (κ2) is 14.4. The minimum atomic E-state index is -1.10. The number of methoxy groups -OCH3 is 1. The maximum Gasteiger partial charge on any atom is 0.407 e. The van der Waals surface area contributed by atoms with Gasteiger partial charge >= 0.3 is 6.09 Å². The maximum absolute atomic E-state index is 14.2. The number of rotatable bonds is 11. The molecule has 0 radical (unpaired) electrons. The fourth-order valence-corrected chi connectivity index (χ4v) is 4.57. The van der Waals surface area contributed by atoms with Crippen molar-refractivity contribution in [3.05, 3.63) is 89.6 Å². The Bertz CT molecular complexity index is 1780. The van der Waals surface area contributed by atoms with Gasteiger partial charge in [-0.2, -0.15) is 5.26 Å². The van der Waals surface area contributed by atoms with Crippen LogP contribution in [0.5, 0.6) is 5.75 Å². The smallest absolute Gasteiger partial charge is 0.407 e. The number of furan rings is 1. The fourth-order valence-electron chi connectivity index (χ4n) is 4.57. The Labute approximate surface area is 264 Å². The topological polar surface area (TPSA) is 167 Å². The molecule has 3 amide bonds. The lowest BCUT2D eigenvalue weighted by Crippen LogP contribution is -2.48. The van der Waals surface area contributed by atoms with Crippen molar-refractivity contribution in [2.24, 2.45) is 0 Å². The number of nitrogens with zero attached hydrogens (tertiary/aromatic N) is 3. The number of benzene rings is 2. The van der Waals surface area contributed by atoms with Crippen LogP contribution >= 0.6 is 0 Å². The third kappa shape index (κ3) is 7.85. The molecule has 0 saturated carbocycles. The van der Waals surface area contributed by atoms with Crippen LogP contribution in [0.15, 0.2) is 71.3 Å². The lowest BCUT2D eigenvalue weighted by Gasteiger charge is -2.33. The van der Waals surface area contributed by atoms with Gasteiger partial charge in [0, 0.05) is 48.5 Å². The van der Waals surface area contributed by atoms with E-state index in [4.69, 9.17) is 13.9 Å². The highest BCUT2D eigenvalue weighted by Crippen LogP contribution is 2.37. The molecule has 3 N–H and O–H groups in total. The minimum absolute atomic E-state index is 0.00929. The number of nitrogens with one attached hydrogen (secondary N) is 2. The lowest BCUT2D eigenvalue weighted by atomic mass is 9.96. The minimum Gasteiger partial charge on any atom is -0.467 e. The Morgan fingerprint density at radius 3 is 2.50 bits per heavy atom. The molecule has 0 unspecified atom stereocenters. The van der Waals surface area contributed by atoms with Crippen LogP contribution in [0.3, 0.4) is 0 Å². The van der Waals surface area contributed by atoms with Gasteiger partial charge in [0.2, 0.25) is 0 Å². The molecule has 2 heterocycles. The molecule has 0 aliphatic rings. The zero-order chi connectivity index (χ0) is 33.4. The number of halogens is 1. The van der Waals surface area contributed by atoms with E-state index in [0.717, 1.165) is 6.07 Å². The number of hydrogen-bond acceptors (Lipinski definition) is 8. The summed E-state index contributed by atoms with van der Waals surface area (Å²) in [7, 11) is 1.41. The molecule has 4 aromatic rings. The maximum atomic E-state index is 14.2. The molecule has 46 heavy (non-hydrogen) atoms. The molecule has 0 aliphatic carbocycles. The van der Waals surface area contributed by atoms with Crippen molar-refractivity contribution >= 4 is 23.7 Å². The van der Waals surface area contributed by atoms with Crippen LogP contribution < -0.4 is 15.4 Å². The van der Waals surface area contributed by atoms with E-state index in [1.54, 1.807) is 51.1 Å². The van der Waals surface area contributed by atoms with Crippen molar-refractivity contribution in [2.45, 2.75) is 26.3 Å². The van der Waals surface area contributed by atoms with E-state index in [0.29, 0.717) is 16.7 Å². The van der Waals surface area contributed by atoms with Gasteiger partial charge in [0.1, 0.15) is 23.2 Å². The van der Waals surface area contributed by atoms with E-state index in [-0.39, 0.29) is 54.0 Å². The number of hydrogen-bond donors (Lipinski definition) is 3. The van der Waals surface area contributed by atoms with Gasteiger partial charge in [-0.3, -0.25) is 9.59 Å². The van der Waals surface area contributed by atoms with E-state index >= 15 is 0 Å². The van der Waals surface area contributed by atoms with Crippen LogP contribution in [0, 0.1) is 17.1 Å². The Hall–Kier alpha value is -5.74. The molecule has 0 bridgehead atoms. The number of ether oxygens (including phenoxy) is 2. The quantitative estimate of drug-likeness (QED) is 0.175. The summed E-state index contributed by atoms with van der Waals surface area (Å²) in [6.07, 6.45) is 0.222. The third-order valence-electron chi connectivity index (χ3n) is 6.76. The first kappa shape index (κ1) is 33.2. The van der Waals surface area contributed by atoms with Crippen molar-refractivity contribution in [3.63, 3.8) is 0 Å². The first-order valence-corrected chi connectivity index (χ1v) is 14.0. The van der Waals surface area contributed by atoms with Gasteiger partial charge in [-0.15, -0.1) is 0 Å². The van der Waals surface area contributed by atoms with E-state index < -0.39 is 29.3 Å². The number of nitriles is 1. The predicted octanol–water partition coefficient (Wildman–Crippen LogP) is 5.76. The predicted molar refractivity (Wildman–Crippen MR) is 166 cm³/mol. The monoisotopic (exact) mass is 629 g/mol. The first-order valence-electron chi connectivity index (χ1n) is 14.0. The summed E-state index contributed by atoms with van der Waals surface area (Å²) < 4.78 is 29.9. The fraction of sp³-hybridized carbons (Fsp3) is 0.242. The molecule has 238 valence electrons. The number of aromatic nitrogens is 1. The third-order valence-corrected chi connectivity index (χ3v) is 6.76. The van der Waals surface area contributed by atoms with Crippen molar-refractivity contribution in [3.8, 4) is 34.2 Å². The molecule has 0 spiro atoms. The molecule has 0 saturated heterocycles. The second-order valence-electron chi connectivity index (χ2n) is 11.0. The number of amides is 3. The number of anilines is 1. The number of pyridine rings is 1. The number of carbonyl (C=O) groups is 3. The highest BCUT2D eigenvalue weighted by molar-refractivity contribution is 6.03. The SMILES string of the molecule is COCOc1cc(F)ccc1-c1cc(-c2cccc(C(=O)NCCN(C(=O)O)C(C)(C)C)c2)c(C#N)c(NC(=O)c2ccco2)n1. The van der Waals surface area contributed by atoms with Gasteiger partial charge in [0.15, 0.2) is 18.4 Å². The normalized spacial score (nSPS) is 11.0. The standard InChI is InChI=1S/C33H32FN5O7/c1-33(2,3)39(32(42)43)13-12-36-30(40)21-8-5-7-20(15-21)24-17-26(23-11-10-22(34)16-28(23)46-19-44-4)37-29(25(24)18-35)38-31(41)27-9-6-14-45-27/h5-11,14-17H,12-13,19H2,1-4H3,(H,36,40)(H,42,43)(H,37,38,41). The molecule has 2 aromatic carbocycles. The molecule has 2 aromatic heterocycles. The summed E-state index contributed by atoms with van der Waals surface area (Å²) >= 11 is 0. The molecule has 0 atom stereocenters. The molecule has 13 heteroatoms. The summed E-state index contributed by atoms with van der Waals surface area (Å²) in [6, 6.07) is 16.9. The lowest BCUT2D eigenvalue weighted by molar-refractivity contribution is 0.0513. The van der Waals surface area contributed by atoms with Gasteiger partial charge in [0.25, 0.3) is 11.8 Å². The molecule has 4 rings (SSSR count). The first-order chi connectivity index (χ1) is 21.9. The van der Waals surface area contributed by atoms with E-state index in [2.05, 4.69) is 21.7 Å². The molecule has 0 aliphatic heterocycles. The largest absolute Gasteiger partial charge is 0.467 e. The summed E-state index contributed by atoms with van der Waals surface area (Å²) in [5.74, 6) is -1.71. The van der Waals surface area contributed by atoms with E-state index in [9.17, 15) is 29.1 Å². The van der Waals surface area contributed by atoms with Crippen LogP contribution in [0.2, 0.25) is 0 Å². The van der Waals surface area contributed by atoms with Crippen LogP contribution in [-0.2, 0) is 4.74 Å². The molecule has 12 nitrogen and oxygen atoms in total. The highest BCUT2D eigenvalue weighted by atomic mass is 19.1. The van der Waals surface area contributed by atoms with Crippen LogP contribution in [0.4, 0.5) is 15.0 Å². The van der Waals surface area contributed by atoms with Gasteiger partial charge in [-0.1, -0.05) is 12.1 Å². The average molecular weight is 630 g/mol. The summed E-state index contributed by atoms with van der Waals surface area (Å²) in [5, 5.41) is 25.1. The number of carbonyl (C=O) groups excluding carboxylic acids is 2. The Morgan fingerprint density at radius 2 is 1.85 bits per heavy atom. The number of carboxylic acid groups (broad SMARTS) is 1. The Balaban J connectivity index is 1.76. The Kier molecular flexibility index (Phi) is 10.4. The van der Waals surface area contributed by atoms with Crippen molar-refractivity contribution in [1.29, 1.82) is 5.26 Å². The van der Waals surface area contributed by atoms with Gasteiger partial charge < -0.3 is 34.5 Å². The summed E-state index contributed by atoms with van der Waals surface area (Å²) in [6.45, 7) is 5.22. The second-order valence-corrected chi connectivity index (χ2v) is 11.0. The van der Waals surface area contributed by atoms with Crippen molar-refractivity contribution in [2.75, 3.05) is 32.3 Å². The molecular weight excluding hydrogens is 597 g/mol. The molecular formula is C33H32FN5O7. The zero-order valence-corrected chi connectivity index (χ0v) is 25.6. The summed E-state index contributed by atoms with van der Waals surface area (Å²) in [4.78, 5) is 43.5. The van der Waals surface area contributed by atoms with Gasteiger partial charge in [-0.25, -0.2) is 14.2 Å². The summed E-state index contributed by atoms with van der Waals surface area (Å²) in [5.41, 5.74) is 0.878. The van der Waals surface area contributed by atoms with E-state index in [1.165, 1.54) is 42.5 Å². The molecule has 0 fully saturated rings. The van der Waals surface area contributed by atoms with Gasteiger partial charge in [0.05, 0.1) is 12.0 Å². The Morgan fingerprint density at radius 1 is 1.07 bits per heavy atom. The zero-order valence-electron chi connectivity index (χ0n) is 25.6. The van der Waals surface area contributed by atoms with Crippen molar-refractivity contribution < 1.29 is 37.8 Å².